The molecule has 4 rings (SSSR count). The quantitative estimate of drug-likeness (QED) is 0.400. The second-order valence-corrected chi connectivity index (χ2v) is 5.29. The van der Waals surface area contributed by atoms with Gasteiger partial charge in [-0.2, -0.15) is 0 Å². The van der Waals surface area contributed by atoms with E-state index in [1.807, 2.05) is 47.0 Å². The van der Waals surface area contributed by atoms with Crippen LogP contribution in [0.4, 0.5) is 0 Å². The fraction of sp³-hybridized carbons (Fsp3) is 0. The maximum absolute atomic E-state index is 9.28. The predicted octanol–water partition coefficient (Wildman–Crippen LogP) is 3.33. The molecule has 3 aromatic rings. The van der Waals surface area contributed by atoms with E-state index in [1.54, 1.807) is 0 Å². The van der Waals surface area contributed by atoms with Gasteiger partial charge in [0, 0.05) is 10.0 Å². The van der Waals surface area contributed by atoms with Gasteiger partial charge in [0.05, 0.1) is 16.7 Å². The van der Waals surface area contributed by atoms with Gasteiger partial charge in [0.1, 0.15) is 0 Å². The van der Waals surface area contributed by atoms with E-state index in [0.29, 0.717) is 11.5 Å². The first kappa shape index (κ1) is 10.8. The van der Waals surface area contributed by atoms with Crippen molar-refractivity contribution in [3.63, 3.8) is 0 Å². The fourth-order valence-corrected chi connectivity index (χ4v) is 2.89. The summed E-state index contributed by atoms with van der Waals surface area (Å²) in [5.41, 5.74) is 4.28. The Bertz CT molecular complexity index is 851. The van der Waals surface area contributed by atoms with Gasteiger partial charge in [-0.25, -0.2) is 4.98 Å². The van der Waals surface area contributed by atoms with Gasteiger partial charge in [0.15, 0.2) is 11.5 Å². The number of oxime groups is 1. The number of halogens is 1. The van der Waals surface area contributed by atoms with Crippen LogP contribution in [0.3, 0.4) is 0 Å². The lowest BCUT2D eigenvalue weighted by atomic mass is 10.1. The molecule has 0 saturated carbocycles. The Labute approximate surface area is 117 Å². The predicted molar refractivity (Wildman–Crippen MR) is 76.2 cm³/mol. The van der Waals surface area contributed by atoms with Crippen molar-refractivity contribution in [2.45, 2.75) is 0 Å². The maximum atomic E-state index is 9.28. The van der Waals surface area contributed by atoms with Crippen LogP contribution in [0.5, 0.6) is 0 Å². The lowest BCUT2D eigenvalue weighted by molar-refractivity contribution is 0.319. The van der Waals surface area contributed by atoms with Crippen molar-refractivity contribution in [1.82, 2.24) is 9.55 Å². The molecule has 4 nitrogen and oxygen atoms in total. The minimum absolute atomic E-state index is 0.513. The second kappa shape index (κ2) is 3.68. The molecule has 1 aromatic heterocycles. The molecule has 5 heteroatoms. The lowest BCUT2D eigenvalue weighted by Gasteiger charge is -2.03. The summed E-state index contributed by atoms with van der Waals surface area (Å²) >= 11 is 3.47. The molecule has 0 fully saturated rings. The highest BCUT2D eigenvalue weighted by molar-refractivity contribution is 9.10. The SMILES string of the molecule is O/N=C1\c2ccc(Br)cc2-n2c1nc1ccccc12. The van der Waals surface area contributed by atoms with E-state index in [4.69, 9.17) is 0 Å². The lowest BCUT2D eigenvalue weighted by Crippen LogP contribution is -1.99. The zero-order valence-electron chi connectivity index (χ0n) is 9.71. The molecule has 0 radical (unpaired) electrons. The summed E-state index contributed by atoms with van der Waals surface area (Å²) in [4.78, 5) is 4.55. The summed E-state index contributed by atoms with van der Waals surface area (Å²) in [5.74, 6) is 0.678. The van der Waals surface area contributed by atoms with Crippen LogP contribution in [0.15, 0.2) is 52.1 Å². The number of para-hydroxylation sites is 2. The van der Waals surface area contributed by atoms with Crippen LogP contribution < -0.4 is 0 Å². The van der Waals surface area contributed by atoms with Gasteiger partial charge < -0.3 is 5.21 Å². The number of benzene rings is 2. The molecule has 0 amide bonds. The Hall–Kier alpha value is -2.14. The highest BCUT2D eigenvalue weighted by Gasteiger charge is 2.29. The smallest absolute Gasteiger partial charge is 0.168 e. The first-order valence-electron chi connectivity index (χ1n) is 5.80. The molecule has 0 aliphatic carbocycles. The van der Waals surface area contributed by atoms with E-state index < -0.39 is 0 Å². The van der Waals surface area contributed by atoms with Crippen LogP contribution in [0.25, 0.3) is 16.7 Å². The molecule has 0 spiro atoms. The third-order valence-corrected chi connectivity index (χ3v) is 3.82. The Balaban J connectivity index is 2.19. The van der Waals surface area contributed by atoms with E-state index in [-0.39, 0.29) is 0 Å². The standard InChI is InChI=1S/C14H8BrN3O/c15-8-5-6-9-12(7-8)18-11-4-2-1-3-10(11)16-14(18)13(9)17-19/h1-7,19H/b17-13+. The van der Waals surface area contributed by atoms with Crippen molar-refractivity contribution in [2.24, 2.45) is 5.16 Å². The maximum Gasteiger partial charge on any atom is 0.168 e. The molecule has 2 heterocycles. The Morgan fingerprint density at radius 3 is 2.84 bits per heavy atom. The van der Waals surface area contributed by atoms with Crippen molar-refractivity contribution >= 4 is 32.7 Å². The van der Waals surface area contributed by atoms with Gasteiger partial charge >= 0.3 is 0 Å². The molecule has 1 aliphatic rings. The molecule has 0 bridgehead atoms. The van der Waals surface area contributed by atoms with E-state index in [2.05, 4.69) is 26.1 Å². The van der Waals surface area contributed by atoms with E-state index in [0.717, 1.165) is 26.8 Å². The van der Waals surface area contributed by atoms with Crippen LogP contribution >= 0.6 is 15.9 Å². The molecule has 0 unspecified atom stereocenters. The van der Waals surface area contributed by atoms with Gasteiger partial charge in [-0.05, 0) is 30.3 Å². The molecule has 1 aliphatic heterocycles. The zero-order chi connectivity index (χ0) is 13.0. The Morgan fingerprint density at radius 1 is 1.16 bits per heavy atom. The third kappa shape index (κ3) is 1.33. The van der Waals surface area contributed by atoms with Crippen molar-refractivity contribution in [2.75, 3.05) is 0 Å². The van der Waals surface area contributed by atoms with Gasteiger partial charge in [0.25, 0.3) is 0 Å². The van der Waals surface area contributed by atoms with Crippen LogP contribution in [0.2, 0.25) is 0 Å². The van der Waals surface area contributed by atoms with Gasteiger partial charge in [-0.3, -0.25) is 4.57 Å². The largest absolute Gasteiger partial charge is 0.410 e. The second-order valence-electron chi connectivity index (χ2n) is 4.37. The highest BCUT2D eigenvalue weighted by atomic mass is 79.9. The summed E-state index contributed by atoms with van der Waals surface area (Å²) in [6, 6.07) is 13.7. The van der Waals surface area contributed by atoms with Crippen LogP contribution in [0.1, 0.15) is 11.4 Å². The summed E-state index contributed by atoms with van der Waals surface area (Å²) in [6.07, 6.45) is 0. The topological polar surface area (TPSA) is 50.4 Å². The van der Waals surface area contributed by atoms with Gasteiger partial charge in [0.2, 0.25) is 0 Å². The zero-order valence-corrected chi connectivity index (χ0v) is 11.3. The number of aromatic nitrogens is 2. The number of imidazole rings is 1. The average molecular weight is 314 g/mol. The summed E-state index contributed by atoms with van der Waals surface area (Å²) < 4.78 is 3.00. The van der Waals surface area contributed by atoms with Crippen molar-refractivity contribution in [3.05, 3.63) is 58.3 Å². The molecule has 19 heavy (non-hydrogen) atoms. The third-order valence-electron chi connectivity index (χ3n) is 3.33. The van der Waals surface area contributed by atoms with E-state index >= 15 is 0 Å². The minimum atomic E-state index is 0.513. The van der Waals surface area contributed by atoms with Crippen molar-refractivity contribution in [1.29, 1.82) is 0 Å². The Kier molecular flexibility index (Phi) is 2.08. The van der Waals surface area contributed by atoms with E-state index in [9.17, 15) is 5.21 Å². The van der Waals surface area contributed by atoms with Crippen molar-refractivity contribution < 1.29 is 5.21 Å². The molecule has 2 aromatic carbocycles. The first-order chi connectivity index (χ1) is 9.29. The summed E-state index contributed by atoms with van der Waals surface area (Å²) in [5, 5.41) is 12.7. The minimum Gasteiger partial charge on any atom is -0.410 e. The average Bonchev–Trinajstić information content (AvgIpc) is 2.92. The number of nitrogens with zero attached hydrogens (tertiary/aromatic N) is 3. The van der Waals surface area contributed by atoms with Gasteiger partial charge in [-0.15, -0.1) is 0 Å². The van der Waals surface area contributed by atoms with Crippen molar-refractivity contribution in [3.8, 4) is 5.69 Å². The monoisotopic (exact) mass is 313 g/mol. The molecular formula is C14H8BrN3O. The summed E-state index contributed by atoms with van der Waals surface area (Å²) in [7, 11) is 0. The molecule has 0 saturated heterocycles. The molecule has 0 atom stereocenters. The van der Waals surface area contributed by atoms with E-state index in [1.165, 1.54) is 0 Å². The molecular weight excluding hydrogens is 306 g/mol. The number of hydrogen-bond acceptors (Lipinski definition) is 3. The normalized spacial score (nSPS) is 14.9. The summed E-state index contributed by atoms with van der Waals surface area (Å²) in [6.45, 7) is 0. The van der Waals surface area contributed by atoms with Crippen LogP contribution in [-0.2, 0) is 0 Å². The van der Waals surface area contributed by atoms with Crippen LogP contribution in [0, 0.1) is 0 Å². The first-order valence-corrected chi connectivity index (χ1v) is 6.59. The highest BCUT2D eigenvalue weighted by Crippen LogP contribution is 2.33. The number of hydrogen-bond donors (Lipinski definition) is 1. The van der Waals surface area contributed by atoms with Gasteiger partial charge in [-0.1, -0.05) is 33.2 Å². The van der Waals surface area contributed by atoms with Crippen LogP contribution in [-0.4, -0.2) is 20.5 Å². The number of rotatable bonds is 0. The number of fused-ring (bicyclic) bond motifs is 5. The Morgan fingerprint density at radius 2 is 2.00 bits per heavy atom. The fourth-order valence-electron chi connectivity index (χ4n) is 2.54. The molecule has 1 N–H and O–H groups in total. The molecule has 92 valence electrons.